The molecule has 6 heteroatoms. The second-order valence-electron chi connectivity index (χ2n) is 6.75. The molecular weight excluding hydrogens is 400 g/mol. The van der Waals surface area contributed by atoms with Gasteiger partial charge in [0.2, 0.25) is 0 Å². The van der Waals surface area contributed by atoms with Gasteiger partial charge in [0, 0.05) is 22.7 Å². The number of thiophene rings is 1. The van der Waals surface area contributed by atoms with Crippen molar-refractivity contribution in [1.82, 2.24) is 9.97 Å². The number of fused-ring (bicyclic) bond motifs is 1. The fourth-order valence-corrected chi connectivity index (χ4v) is 4.28. The van der Waals surface area contributed by atoms with Crippen LogP contribution >= 0.6 is 11.3 Å². The van der Waals surface area contributed by atoms with Crippen molar-refractivity contribution in [3.63, 3.8) is 0 Å². The van der Waals surface area contributed by atoms with Gasteiger partial charge in [0.25, 0.3) is 0 Å². The Labute approximate surface area is 175 Å². The molecule has 0 radical (unpaired) electrons. The lowest BCUT2D eigenvalue weighted by molar-refractivity contribution is 0.509. The lowest BCUT2D eigenvalue weighted by Crippen LogP contribution is -1.97. The van der Waals surface area contributed by atoms with Crippen LogP contribution in [0.1, 0.15) is 0 Å². The van der Waals surface area contributed by atoms with Crippen LogP contribution in [-0.2, 0) is 0 Å². The van der Waals surface area contributed by atoms with Gasteiger partial charge < -0.3 is 5.32 Å². The van der Waals surface area contributed by atoms with Gasteiger partial charge >= 0.3 is 0 Å². The molecule has 30 heavy (non-hydrogen) atoms. The average molecular weight is 415 g/mol. The number of halogens is 2. The Morgan fingerprint density at radius 1 is 0.733 bits per heavy atom. The number of nitrogens with one attached hydrogen (secondary N) is 1. The number of nitrogens with zero attached hydrogens (tertiary/aromatic N) is 2. The Hall–Kier alpha value is -3.64. The lowest BCUT2D eigenvalue weighted by atomic mass is 10.0. The summed E-state index contributed by atoms with van der Waals surface area (Å²) in [5, 5.41) is 5.98. The van der Waals surface area contributed by atoms with Crippen LogP contribution in [0.5, 0.6) is 0 Å². The van der Waals surface area contributed by atoms with E-state index in [9.17, 15) is 8.78 Å². The molecule has 5 aromatic rings. The van der Waals surface area contributed by atoms with Crippen LogP contribution in [0.4, 0.5) is 20.3 Å². The minimum Gasteiger partial charge on any atom is -0.339 e. The first-order valence-corrected chi connectivity index (χ1v) is 10.2. The molecule has 0 saturated heterocycles. The fourth-order valence-electron chi connectivity index (χ4n) is 3.37. The lowest BCUT2D eigenvalue weighted by Gasteiger charge is -2.09. The minimum atomic E-state index is -0.910. The van der Waals surface area contributed by atoms with E-state index in [1.807, 2.05) is 23.6 Å². The maximum absolute atomic E-state index is 13.6. The maximum Gasteiger partial charge on any atom is 0.160 e. The van der Waals surface area contributed by atoms with Gasteiger partial charge in [-0.1, -0.05) is 54.6 Å². The zero-order valence-corrected chi connectivity index (χ0v) is 16.5. The van der Waals surface area contributed by atoms with Gasteiger partial charge in [0.1, 0.15) is 17.0 Å². The van der Waals surface area contributed by atoms with E-state index in [1.165, 1.54) is 23.7 Å². The number of aromatic nitrogens is 2. The van der Waals surface area contributed by atoms with E-state index in [0.29, 0.717) is 11.5 Å². The summed E-state index contributed by atoms with van der Waals surface area (Å²) in [6, 6.07) is 22.2. The molecule has 146 valence electrons. The average Bonchev–Trinajstić information content (AvgIpc) is 3.22. The predicted molar refractivity (Wildman–Crippen MR) is 118 cm³/mol. The summed E-state index contributed by atoms with van der Waals surface area (Å²) in [6.07, 6.45) is 1.46. The molecule has 0 saturated carbocycles. The summed E-state index contributed by atoms with van der Waals surface area (Å²) in [5.74, 6) is -1.25. The zero-order valence-electron chi connectivity index (χ0n) is 15.6. The molecule has 0 aliphatic heterocycles. The Bertz CT molecular complexity index is 1330. The van der Waals surface area contributed by atoms with Crippen LogP contribution in [0.3, 0.4) is 0 Å². The number of benzene rings is 3. The van der Waals surface area contributed by atoms with Crippen molar-refractivity contribution in [2.45, 2.75) is 0 Å². The molecule has 5 rings (SSSR count). The van der Waals surface area contributed by atoms with Gasteiger partial charge in [-0.05, 0) is 28.8 Å². The maximum atomic E-state index is 13.6. The van der Waals surface area contributed by atoms with Crippen molar-refractivity contribution in [3.05, 3.63) is 96.1 Å². The molecule has 0 atom stereocenters. The number of anilines is 2. The Balaban J connectivity index is 1.55. The van der Waals surface area contributed by atoms with E-state index in [0.717, 1.165) is 44.6 Å². The van der Waals surface area contributed by atoms with Crippen molar-refractivity contribution in [2.75, 3.05) is 5.32 Å². The quantitative estimate of drug-likeness (QED) is 0.342. The number of rotatable bonds is 4. The first kappa shape index (κ1) is 18.4. The smallest absolute Gasteiger partial charge is 0.160 e. The van der Waals surface area contributed by atoms with Crippen LogP contribution < -0.4 is 5.32 Å². The molecule has 0 aliphatic carbocycles. The van der Waals surface area contributed by atoms with Crippen molar-refractivity contribution in [2.24, 2.45) is 0 Å². The normalized spacial score (nSPS) is 11.0. The molecule has 2 aromatic heterocycles. The van der Waals surface area contributed by atoms with Gasteiger partial charge in [0.05, 0.1) is 5.39 Å². The van der Waals surface area contributed by atoms with E-state index in [1.54, 1.807) is 0 Å². The molecule has 1 N–H and O–H groups in total. The number of hydrogen-bond acceptors (Lipinski definition) is 4. The Morgan fingerprint density at radius 3 is 2.23 bits per heavy atom. The van der Waals surface area contributed by atoms with Crippen molar-refractivity contribution < 1.29 is 8.78 Å². The van der Waals surface area contributed by atoms with E-state index in [2.05, 4.69) is 51.7 Å². The number of hydrogen-bond donors (Lipinski definition) is 1. The van der Waals surface area contributed by atoms with E-state index < -0.39 is 11.6 Å². The molecule has 3 aromatic carbocycles. The van der Waals surface area contributed by atoms with E-state index >= 15 is 0 Å². The summed E-state index contributed by atoms with van der Waals surface area (Å²) < 4.78 is 26.9. The molecule has 2 heterocycles. The third kappa shape index (κ3) is 3.42. The van der Waals surface area contributed by atoms with Crippen LogP contribution in [0.2, 0.25) is 0 Å². The molecular formula is C24H15F2N3S. The SMILES string of the molecule is Fc1ccc(Nc2ncnc3scc(-c4ccc(-c5ccccc5)cc4)c23)cc1F. The van der Waals surface area contributed by atoms with E-state index in [-0.39, 0.29) is 0 Å². The third-order valence-corrected chi connectivity index (χ3v) is 5.74. The molecule has 0 amide bonds. The Morgan fingerprint density at radius 2 is 1.47 bits per heavy atom. The van der Waals surface area contributed by atoms with Gasteiger partial charge in [0.15, 0.2) is 11.6 Å². The molecule has 0 bridgehead atoms. The topological polar surface area (TPSA) is 37.8 Å². The van der Waals surface area contributed by atoms with Crippen LogP contribution in [-0.4, -0.2) is 9.97 Å². The van der Waals surface area contributed by atoms with Crippen molar-refractivity contribution >= 4 is 33.1 Å². The van der Waals surface area contributed by atoms with Gasteiger partial charge in [-0.2, -0.15) is 0 Å². The predicted octanol–water partition coefficient (Wildman–Crippen LogP) is 7.05. The highest BCUT2D eigenvalue weighted by Crippen LogP contribution is 2.38. The standard InChI is InChI=1S/C24H15F2N3S/c25-20-11-10-18(12-21(20)26)29-23-22-19(13-30-24(22)28-14-27-23)17-8-6-16(7-9-17)15-4-2-1-3-5-15/h1-14H,(H,27,28,29). The summed E-state index contributed by atoms with van der Waals surface area (Å²) in [7, 11) is 0. The van der Waals surface area contributed by atoms with Crippen LogP contribution in [0.25, 0.3) is 32.5 Å². The van der Waals surface area contributed by atoms with Gasteiger partial charge in [-0.15, -0.1) is 11.3 Å². The monoisotopic (exact) mass is 415 g/mol. The second-order valence-corrected chi connectivity index (χ2v) is 7.61. The highest BCUT2D eigenvalue weighted by atomic mass is 32.1. The van der Waals surface area contributed by atoms with Gasteiger partial charge in [-0.3, -0.25) is 0 Å². The van der Waals surface area contributed by atoms with Crippen molar-refractivity contribution in [3.8, 4) is 22.3 Å². The first-order valence-electron chi connectivity index (χ1n) is 9.29. The largest absolute Gasteiger partial charge is 0.339 e. The third-order valence-electron chi connectivity index (χ3n) is 4.86. The molecule has 0 aliphatic rings. The minimum absolute atomic E-state index is 0.422. The summed E-state index contributed by atoms with van der Waals surface area (Å²) in [6.45, 7) is 0. The van der Waals surface area contributed by atoms with Crippen LogP contribution in [0.15, 0.2) is 84.5 Å². The molecule has 0 fully saturated rings. The molecule has 0 unspecified atom stereocenters. The molecule has 3 nitrogen and oxygen atoms in total. The highest BCUT2D eigenvalue weighted by molar-refractivity contribution is 7.17. The summed E-state index contributed by atoms with van der Waals surface area (Å²) in [4.78, 5) is 9.52. The Kier molecular flexibility index (Phi) is 4.69. The van der Waals surface area contributed by atoms with Crippen LogP contribution in [0, 0.1) is 11.6 Å². The molecule has 0 spiro atoms. The summed E-state index contributed by atoms with van der Waals surface area (Å²) in [5.41, 5.74) is 4.73. The first-order chi connectivity index (χ1) is 14.7. The zero-order chi connectivity index (χ0) is 20.5. The van der Waals surface area contributed by atoms with E-state index in [4.69, 9.17) is 0 Å². The van der Waals surface area contributed by atoms with Crippen molar-refractivity contribution in [1.29, 1.82) is 0 Å². The van der Waals surface area contributed by atoms with Gasteiger partial charge in [-0.25, -0.2) is 18.7 Å². The summed E-state index contributed by atoms with van der Waals surface area (Å²) >= 11 is 1.51. The second kappa shape index (κ2) is 7.65. The fraction of sp³-hybridized carbons (Fsp3) is 0. The highest BCUT2D eigenvalue weighted by Gasteiger charge is 2.14.